The molecule has 110 valence electrons. The number of hydrogen-bond acceptors (Lipinski definition) is 4. The largest absolute Gasteiger partial charge is 0.480 e. The molecule has 1 fully saturated rings. The van der Waals surface area contributed by atoms with Crippen LogP contribution in [0.25, 0.3) is 0 Å². The molecule has 20 heavy (non-hydrogen) atoms. The number of carboxylic acids is 1. The summed E-state index contributed by atoms with van der Waals surface area (Å²) in [7, 11) is 0. The number of nitrogens with zero attached hydrogens (tertiary/aromatic N) is 3. The summed E-state index contributed by atoms with van der Waals surface area (Å²) >= 11 is 0. The average molecular weight is 277 g/mol. The Morgan fingerprint density at radius 2 is 2.00 bits per heavy atom. The van der Waals surface area contributed by atoms with Gasteiger partial charge >= 0.3 is 5.97 Å². The molecule has 2 heterocycles. The minimum Gasteiger partial charge on any atom is -0.480 e. The molecule has 1 N–H and O–H groups in total. The smallest absolute Gasteiger partial charge is 0.326 e. The summed E-state index contributed by atoms with van der Waals surface area (Å²) in [5.41, 5.74) is 0.981. The van der Waals surface area contributed by atoms with Crippen LogP contribution in [0.4, 0.5) is 5.82 Å². The third-order valence-corrected chi connectivity index (χ3v) is 3.69. The first kappa shape index (κ1) is 14.8. The molecule has 0 spiro atoms. The standard InChI is InChI=1S/C15H23N3O2/c1-9(2)11-8-13(17-14(16-11)10(3)4)18-7-5-6-12(18)15(19)20/h8-10,12H,5-7H2,1-4H3,(H,19,20)/t12-/m0/s1. The van der Waals surface area contributed by atoms with E-state index in [9.17, 15) is 9.90 Å². The molecular formula is C15H23N3O2. The summed E-state index contributed by atoms with van der Waals surface area (Å²) < 4.78 is 0. The summed E-state index contributed by atoms with van der Waals surface area (Å²) in [5, 5.41) is 9.32. The Bertz CT molecular complexity index is 474. The van der Waals surface area contributed by atoms with Gasteiger partial charge in [0.25, 0.3) is 0 Å². The van der Waals surface area contributed by atoms with Gasteiger partial charge in [0.2, 0.25) is 0 Å². The minimum absolute atomic E-state index is 0.235. The van der Waals surface area contributed by atoms with E-state index in [1.54, 1.807) is 0 Å². The lowest BCUT2D eigenvalue weighted by Gasteiger charge is -2.24. The maximum absolute atomic E-state index is 11.3. The molecule has 1 aliphatic heterocycles. The van der Waals surface area contributed by atoms with Crippen molar-refractivity contribution in [2.75, 3.05) is 11.4 Å². The van der Waals surface area contributed by atoms with Gasteiger partial charge in [0, 0.05) is 24.2 Å². The molecule has 0 unspecified atom stereocenters. The van der Waals surface area contributed by atoms with Crippen LogP contribution in [0.15, 0.2) is 6.07 Å². The van der Waals surface area contributed by atoms with Crippen LogP contribution < -0.4 is 4.90 Å². The number of aliphatic carboxylic acids is 1. The van der Waals surface area contributed by atoms with Gasteiger partial charge in [0.1, 0.15) is 17.7 Å². The minimum atomic E-state index is -0.765. The van der Waals surface area contributed by atoms with E-state index in [1.165, 1.54) is 0 Å². The zero-order valence-electron chi connectivity index (χ0n) is 12.6. The van der Waals surface area contributed by atoms with Crippen LogP contribution in [-0.2, 0) is 4.79 Å². The molecule has 1 atom stereocenters. The third-order valence-electron chi connectivity index (χ3n) is 3.69. The van der Waals surface area contributed by atoms with E-state index in [4.69, 9.17) is 0 Å². The van der Waals surface area contributed by atoms with Gasteiger partial charge in [-0.3, -0.25) is 0 Å². The van der Waals surface area contributed by atoms with Crippen LogP contribution in [0.2, 0.25) is 0 Å². The Balaban J connectivity index is 2.42. The fraction of sp³-hybridized carbons (Fsp3) is 0.667. The van der Waals surface area contributed by atoms with Gasteiger partial charge in [0.05, 0.1) is 0 Å². The zero-order valence-corrected chi connectivity index (χ0v) is 12.6. The molecule has 5 nitrogen and oxygen atoms in total. The normalized spacial score (nSPS) is 19.1. The summed E-state index contributed by atoms with van der Waals surface area (Å²) in [6.07, 6.45) is 1.59. The molecule has 5 heteroatoms. The van der Waals surface area contributed by atoms with Crippen LogP contribution >= 0.6 is 0 Å². The number of hydrogen-bond donors (Lipinski definition) is 1. The molecule has 1 aromatic rings. The summed E-state index contributed by atoms with van der Waals surface area (Å²) in [5.74, 6) is 1.33. The molecule has 1 aromatic heterocycles. The lowest BCUT2D eigenvalue weighted by molar-refractivity contribution is -0.138. The van der Waals surface area contributed by atoms with Gasteiger partial charge in [-0.15, -0.1) is 0 Å². The van der Waals surface area contributed by atoms with Crippen molar-refractivity contribution >= 4 is 11.8 Å². The quantitative estimate of drug-likeness (QED) is 0.916. The van der Waals surface area contributed by atoms with E-state index in [2.05, 4.69) is 37.7 Å². The molecule has 2 rings (SSSR count). The van der Waals surface area contributed by atoms with Gasteiger partial charge in [-0.1, -0.05) is 27.7 Å². The summed E-state index contributed by atoms with van der Waals surface area (Å²) in [6.45, 7) is 9.05. The predicted molar refractivity (Wildman–Crippen MR) is 78.2 cm³/mol. The number of rotatable bonds is 4. The molecule has 0 radical (unpaired) electrons. The van der Waals surface area contributed by atoms with Gasteiger partial charge in [-0.25, -0.2) is 14.8 Å². The molecule has 0 aliphatic carbocycles. The van der Waals surface area contributed by atoms with Crippen molar-refractivity contribution in [1.82, 2.24) is 9.97 Å². The van der Waals surface area contributed by atoms with Gasteiger partial charge < -0.3 is 10.0 Å². The van der Waals surface area contributed by atoms with Crippen LogP contribution in [-0.4, -0.2) is 33.6 Å². The zero-order chi connectivity index (χ0) is 14.9. The first-order chi connectivity index (χ1) is 9.40. The molecule has 0 amide bonds. The van der Waals surface area contributed by atoms with Gasteiger partial charge in [-0.2, -0.15) is 0 Å². The van der Waals surface area contributed by atoms with Gasteiger partial charge in [0.15, 0.2) is 0 Å². The first-order valence-corrected chi connectivity index (χ1v) is 7.28. The highest BCUT2D eigenvalue weighted by Gasteiger charge is 2.32. The second-order valence-electron chi connectivity index (χ2n) is 6.01. The van der Waals surface area contributed by atoms with Crippen LogP contribution in [0.3, 0.4) is 0 Å². The maximum atomic E-state index is 11.3. The average Bonchev–Trinajstić information content (AvgIpc) is 2.87. The molecule has 1 saturated heterocycles. The van der Waals surface area contributed by atoms with Crippen molar-refractivity contribution in [1.29, 1.82) is 0 Å². The lowest BCUT2D eigenvalue weighted by atomic mass is 10.1. The van der Waals surface area contributed by atoms with E-state index in [0.717, 1.165) is 30.3 Å². The third kappa shape index (κ3) is 2.92. The number of carbonyl (C=O) groups is 1. The lowest BCUT2D eigenvalue weighted by Crippen LogP contribution is -2.36. The van der Waals surface area contributed by atoms with E-state index in [1.807, 2.05) is 11.0 Å². The highest BCUT2D eigenvalue weighted by molar-refractivity contribution is 5.78. The van der Waals surface area contributed by atoms with Crippen molar-refractivity contribution in [3.05, 3.63) is 17.6 Å². The molecule has 0 saturated carbocycles. The van der Waals surface area contributed by atoms with Crippen LogP contribution in [0.5, 0.6) is 0 Å². The van der Waals surface area contributed by atoms with Crippen molar-refractivity contribution < 1.29 is 9.90 Å². The highest BCUT2D eigenvalue weighted by atomic mass is 16.4. The Morgan fingerprint density at radius 1 is 1.30 bits per heavy atom. The van der Waals surface area contributed by atoms with Crippen molar-refractivity contribution in [2.45, 2.75) is 58.4 Å². The van der Waals surface area contributed by atoms with Crippen molar-refractivity contribution in [3.63, 3.8) is 0 Å². The van der Waals surface area contributed by atoms with Crippen molar-refractivity contribution in [3.8, 4) is 0 Å². The van der Waals surface area contributed by atoms with E-state index >= 15 is 0 Å². The maximum Gasteiger partial charge on any atom is 0.326 e. The second kappa shape index (κ2) is 5.77. The van der Waals surface area contributed by atoms with Gasteiger partial charge in [-0.05, 0) is 18.8 Å². The summed E-state index contributed by atoms with van der Waals surface area (Å²) in [6, 6.07) is 1.49. The Kier molecular flexibility index (Phi) is 4.26. The topological polar surface area (TPSA) is 66.3 Å². The summed E-state index contributed by atoms with van der Waals surface area (Å²) in [4.78, 5) is 22.4. The number of anilines is 1. The van der Waals surface area contributed by atoms with E-state index < -0.39 is 12.0 Å². The van der Waals surface area contributed by atoms with Crippen LogP contribution in [0, 0.1) is 0 Å². The van der Waals surface area contributed by atoms with E-state index in [-0.39, 0.29) is 5.92 Å². The fourth-order valence-corrected chi connectivity index (χ4v) is 2.47. The fourth-order valence-electron chi connectivity index (χ4n) is 2.47. The Labute approximate surface area is 120 Å². The molecule has 0 bridgehead atoms. The predicted octanol–water partition coefficient (Wildman–Crippen LogP) is 2.78. The first-order valence-electron chi connectivity index (χ1n) is 7.28. The second-order valence-corrected chi connectivity index (χ2v) is 6.01. The molecule has 0 aromatic carbocycles. The van der Waals surface area contributed by atoms with Crippen molar-refractivity contribution in [2.24, 2.45) is 0 Å². The van der Waals surface area contributed by atoms with E-state index in [0.29, 0.717) is 12.3 Å². The highest BCUT2D eigenvalue weighted by Crippen LogP contribution is 2.27. The number of carboxylic acid groups (broad SMARTS) is 1. The Morgan fingerprint density at radius 3 is 2.55 bits per heavy atom. The molecular weight excluding hydrogens is 254 g/mol. The molecule has 1 aliphatic rings. The Hall–Kier alpha value is -1.65. The van der Waals surface area contributed by atoms with Crippen LogP contribution in [0.1, 0.15) is 63.9 Å². The number of aromatic nitrogens is 2. The monoisotopic (exact) mass is 277 g/mol. The SMILES string of the molecule is CC(C)c1cc(N2CCC[C@H]2C(=O)O)nc(C(C)C)n1.